The maximum Gasteiger partial charge on any atom is 0.0687 e. The summed E-state index contributed by atoms with van der Waals surface area (Å²) in [5, 5.41) is 16.9. The zero-order valence-corrected chi connectivity index (χ0v) is 16.3. The molecule has 22 heavy (non-hydrogen) atoms. The lowest BCUT2D eigenvalue weighted by Crippen LogP contribution is -2.51. The van der Waals surface area contributed by atoms with Gasteiger partial charge in [0, 0.05) is 23.7 Å². The Morgan fingerprint density at radius 1 is 0.955 bits per heavy atom. The molecule has 0 aromatic rings. The quantitative estimate of drug-likeness (QED) is 0.580. The molecular formula is C18H40N2O2. The second kappa shape index (κ2) is 9.21. The van der Waals surface area contributed by atoms with Gasteiger partial charge in [-0.15, -0.1) is 0 Å². The van der Waals surface area contributed by atoms with Crippen molar-refractivity contribution in [2.75, 3.05) is 19.8 Å². The Labute approximate surface area is 138 Å². The van der Waals surface area contributed by atoms with E-state index in [-0.39, 0.29) is 23.1 Å². The minimum atomic E-state index is -0.315. The van der Waals surface area contributed by atoms with Gasteiger partial charge in [0.15, 0.2) is 0 Å². The van der Waals surface area contributed by atoms with Gasteiger partial charge in [-0.3, -0.25) is 0 Å². The zero-order valence-electron chi connectivity index (χ0n) is 16.3. The summed E-state index contributed by atoms with van der Waals surface area (Å²) in [5.74, 6) is 0.795. The Kier molecular flexibility index (Phi) is 9.15. The van der Waals surface area contributed by atoms with E-state index in [2.05, 4.69) is 59.1 Å². The zero-order chi connectivity index (χ0) is 17.6. The SMILES string of the molecule is CC(C)C(O)CNC(C)(C)COCC(NC(C)(C)C)C(C)C. The first-order valence-corrected chi connectivity index (χ1v) is 8.62. The highest BCUT2D eigenvalue weighted by Gasteiger charge is 2.23. The third-order valence-electron chi connectivity index (χ3n) is 3.74. The fraction of sp³-hybridized carbons (Fsp3) is 1.00. The number of aliphatic hydroxyl groups is 1. The van der Waals surface area contributed by atoms with Crippen LogP contribution < -0.4 is 10.6 Å². The number of rotatable bonds is 10. The fourth-order valence-corrected chi connectivity index (χ4v) is 2.07. The summed E-state index contributed by atoms with van der Waals surface area (Å²) in [5.41, 5.74) is -0.0490. The van der Waals surface area contributed by atoms with Crippen LogP contribution in [0.5, 0.6) is 0 Å². The van der Waals surface area contributed by atoms with E-state index in [1.54, 1.807) is 0 Å². The van der Waals surface area contributed by atoms with Crippen molar-refractivity contribution in [3.8, 4) is 0 Å². The largest absolute Gasteiger partial charge is 0.392 e. The van der Waals surface area contributed by atoms with E-state index in [0.717, 1.165) is 0 Å². The van der Waals surface area contributed by atoms with Crippen molar-refractivity contribution in [3.63, 3.8) is 0 Å². The Hall–Kier alpha value is -0.160. The van der Waals surface area contributed by atoms with Gasteiger partial charge in [-0.2, -0.15) is 0 Å². The van der Waals surface area contributed by atoms with Crippen molar-refractivity contribution in [1.82, 2.24) is 10.6 Å². The van der Waals surface area contributed by atoms with Crippen molar-refractivity contribution < 1.29 is 9.84 Å². The van der Waals surface area contributed by atoms with Crippen molar-refractivity contribution in [2.24, 2.45) is 11.8 Å². The van der Waals surface area contributed by atoms with Gasteiger partial charge < -0.3 is 20.5 Å². The molecule has 0 aliphatic carbocycles. The average Bonchev–Trinajstić information content (AvgIpc) is 2.32. The monoisotopic (exact) mass is 316 g/mol. The lowest BCUT2D eigenvalue weighted by Gasteiger charge is -2.33. The van der Waals surface area contributed by atoms with Crippen LogP contribution >= 0.6 is 0 Å². The van der Waals surface area contributed by atoms with E-state index in [4.69, 9.17) is 4.74 Å². The molecule has 2 atom stereocenters. The molecule has 0 amide bonds. The lowest BCUT2D eigenvalue weighted by atomic mass is 10.00. The van der Waals surface area contributed by atoms with Crippen LogP contribution in [0.25, 0.3) is 0 Å². The standard InChI is InChI=1S/C18H40N2O2/c1-13(2)15(20-17(5,6)7)11-22-12-18(8,9)19-10-16(21)14(3)4/h13-16,19-21H,10-12H2,1-9H3. The van der Waals surface area contributed by atoms with Gasteiger partial charge in [0.1, 0.15) is 0 Å². The van der Waals surface area contributed by atoms with Gasteiger partial charge >= 0.3 is 0 Å². The second-order valence-corrected chi connectivity index (χ2v) is 8.84. The molecule has 0 aliphatic rings. The summed E-state index contributed by atoms with van der Waals surface area (Å²) in [6, 6.07) is 0.344. The van der Waals surface area contributed by atoms with Gasteiger partial charge in [-0.1, -0.05) is 27.7 Å². The Morgan fingerprint density at radius 3 is 1.91 bits per heavy atom. The molecule has 0 saturated carbocycles. The molecule has 3 N–H and O–H groups in total. The maximum atomic E-state index is 9.89. The van der Waals surface area contributed by atoms with Crippen molar-refractivity contribution >= 4 is 0 Å². The smallest absolute Gasteiger partial charge is 0.0687 e. The van der Waals surface area contributed by atoms with Crippen LogP contribution in [0.2, 0.25) is 0 Å². The average molecular weight is 317 g/mol. The second-order valence-electron chi connectivity index (χ2n) is 8.84. The van der Waals surface area contributed by atoms with Crippen LogP contribution in [0.1, 0.15) is 62.3 Å². The lowest BCUT2D eigenvalue weighted by molar-refractivity contribution is 0.0430. The Morgan fingerprint density at radius 2 is 1.50 bits per heavy atom. The van der Waals surface area contributed by atoms with Crippen LogP contribution in [-0.2, 0) is 4.74 Å². The van der Waals surface area contributed by atoms with E-state index in [1.165, 1.54) is 0 Å². The highest BCUT2D eigenvalue weighted by atomic mass is 16.5. The third-order valence-corrected chi connectivity index (χ3v) is 3.74. The molecule has 0 fully saturated rings. The minimum Gasteiger partial charge on any atom is -0.392 e. The molecule has 0 saturated heterocycles. The van der Waals surface area contributed by atoms with Crippen molar-refractivity contribution in [1.29, 1.82) is 0 Å². The third kappa shape index (κ3) is 10.5. The van der Waals surface area contributed by atoms with E-state index >= 15 is 0 Å². The predicted molar refractivity (Wildman–Crippen MR) is 95.3 cm³/mol. The first-order valence-electron chi connectivity index (χ1n) is 8.62. The van der Waals surface area contributed by atoms with E-state index in [0.29, 0.717) is 31.7 Å². The summed E-state index contributed by atoms with van der Waals surface area (Å²) >= 11 is 0. The molecule has 0 heterocycles. The number of hydrogen-bond donors (Lipinski definition) is 3. The first-order chi connectivity index (χ1) is 9.84. The van der Waals surface area contributed by atoms with E-state index in [9.17, 15) is 5.11 Å². The molecule has 0 radical (unpaired) electrons. The van der Waals surface area contributed by atoms with E-state index < -0.39 is 0 Å². The van der Waals surface area contributed by atoms with Crippen molar-refractivity contribution in [2.45, 2.75) is 85.5 Å². The normalized spacial score (nSPS) is 16.4. The summed E-state index contributed by atoms with van der Waals surface area (Å²) in [7, 11) is 0. The summed E-state index contributed by atoms with van der Waals surface area (Å²) in [6.07, 6.45) is -0.315. The minimum absolute atomic E-state index is 0.0907. The molecule has 2 unspecified atom stereocenters. The summed E-state index contributed by atoms with van der Waals surface area (Å²) in [6.45, 7) is 21.2. The van der Waals surface area contributed by atoms with Crippen LogP contribution in [-0.4, -0.2) is 48.1 Å². The van der Waals surface area contributed by atoms with Crippen LogP contribution in [0, 0.1) is 11.8 Å². The van der Waals surface area contributed by atoms with Gasteiger partial charge in [0.25, 0.3) is 0 Å². The Bertz CT molecular complexity index is 296. The molecule has 0 rings (SSSR count). The van der Waals surface area contributed by atoms with Gasteiger partial charge in [-0.05, 0) is 46.5 Å². The molecule has 0 aromatic carbocycles. The number of nitrogens with one attached hydrogen (secondary N) is 2. The van der Waals surface area contributed by atoms with E-state index in [1.807, 2.05) is 13.8 Å². The molecule has 134 valence electrons. The Balaban J connectivity index is 4.23. The molecule has 0 aliphatic heterocycles. The highest BCUT2D eigenvalue weighted by Crippen LogP contribution is 2.11. The van der Waals surface area contributed by atoms with Crippen molar-refractivity contribution in [3.05, 3.63) is 0 Å². The summed E-state index contributed by atoms with van der Waals surface area (Å²) < 4.78 is 5.95. The molecule has 4 heteroatoms. The summed E-state index contributed by atoms with van der Waals surface area (Å²) in [4.78, 5) is 0. The molecular weight excluding hydrogens is 276 g/mol. The van der Waals surface area contributed by atoms with Gasteiger partial charge in [0.2, 0.25) is 0 Å². The maximum absolute atomic E-state index is 9.89. The molecule has 0 spiro atoms. The highest BCUT2D eigenvalue weighted by molar-refractivity contribution is 4.82. The number of hydrogen-bond acceptors (Lipinski definition) is 4. The first kappa shape index (κ1) is 21.8. The molecule has 0 aromatic heterocycles. The van der Waals surface area contributed by atoms with Crippen LogP contribution in [0.15, 0.2) is 0 Å². The van der Waals surface area contributed by atoms with Crippen LogP contribution in [0.4, 0.5) is 0 Å². The predicted octanol–water partition coefficient (Wildman–Crippen LogP) is 2.80. The fourth-order valence-electron chi connectivity index (χ4n) is 2.07. The number of aliphatic hydroxyl groups excluding tert-OH is 1. The topological polar surface area (TPSA) is 53.5 Å². The van der Waals surface area contributed by atoms with Gasteiger partial charge in [0.05, 0.1) is 19.3 Å². The van der Waals surface area contributed by atoms with Crippen LogP contribution in [0.3, 0.4) is 0 Å². The number of β-amino-alcohol motifs (C(OH)–C–C–N with tert-alkyl or cyclic N) is 1. The molecule has 4 nitrogen and oxygen atoms in total. The number of ether oxygens (including phenoxy) is 1. The van der Waals surface area contributed by atoms with Gasteiger partial charge in [-0.25, -0.2) is 0 Å². The molecule has 0 bridgehead atoms.